The molecule has 0 saturated carbocycles. The summed E-state index contributed by atoms with van der Waals surface area (Å²) in [4.78, 5) is 14.8. The van der Waals surface area contributed by atoms with Crippen molar-refractivity contribution >= 4 is 5.97 Å². The van der Waals surface area contributed by atoms with Crippen LogP contribution in [0.4, 0.5) is 0 Å². The summed E-state index contributed by atoms with van der Waals surface area (Å²) < 4.78 is 4.73. The highest BCUT2D eigenvalue weighted by Crippen LogP contribution is 1.95. The first-order valence-electron chi connectivity index (χ1n) is 3.42. The fraction of sp³-hybridized carbons (Fsp3) is 0.250. The minimum absolute atomic E-state index is 0.356. The van der Waals surface area contributed by atoms with Gasteiger partial charge in [-0.1, -0.05) is 6.07 Å². The van der Waals surface area contributed by atoms with Gasteiger partial charge in [-0.15, -0.1) is 0 Å². The molecule has 3 heteroatoms. The second-order valence-electron chi connectivity index (χ2n) is 1.94. The standard InChI is InChI=1S/C8H9NO2/c1-2-11-8(10)7-5-3-4-6-9-7/h3-6H,2H2,1H3/i8+2. The van der Waals surface area contributed by atoms with Crippen molar-refractivity contribution in [3.05, 3.63) is 30.1 Å². The van der Waals surface area contributed by atoms with Crippen LogP contribution in [0.3, 0.4) is 0 Å². The molecular formula is C8H9NO2. The quantitative estimate of drug-likeness (QED) is 0.600. The second kappa shape index (κ2) is 3.71. The number of esters is 1. The molecule has 0 bridgehead atoms. The van der Waals surface area contributed by atoms with Crippen LogP contribution in [0.1, 0.15) is 17.4 Å². The van der Waals surface area contributed by atoms with E-state index in [2.05, 4.69) is 4.98 Å². The van der Waals surface area contributed by atoms with Crippen LogP contribution in [-0.2, 0) is 4.74 Å². The molecule has 0 unspecified atom stereocenters. The van der Waals surface area contributed by atoms with Crippen LogP contribution in [-0.4, -0.2) is 17.6 Å². The maximum atomic E-state index is 11.0. The zero-order valence-corrected chi connectivity index (χ0v) is 6.28. The van der Waals surface area contributed by atoms with Gasteiger partial charge in [0.1, 0.15) is 5.69 Å². The highest BCUT2D eigenvalue weighted by molar-refractivity contribution is 5.86. The Morgan fingerprint density at radius 1 is 1.64 bits per heavy atom. The van der Waals surface area contributed by atoms with Crippen molar-refractivity contribution in [1.82, 2.24) is 4.98 Å². The van der Waals surface area contributed by atoms with Gasteiger partial charge in [0.05, 0.1) is 6.61 Å². The normalized spacial score (nSPS) is 9.18. The van der Waals surface area contributed by atoms with E-state index in [9.17, 15) is 4.79 Å². The maximum absolute atomic E-state index is 11.0. The number of ether oxygens (including phenoxy) is 1. The molecule has 3 nitrogen and oxygen atoms in total. The second-order valence-corrected chi connectivity index (χ2v) is 1.94. The SMILES string of the molecule is CCO[14C](=O)c1ccccn1. The topological polar surface area (TPSA) is 39.2 Å². The van der Waals surface area contributed by atoms with Crippen molar-refractivity contribution in [2.75, 3.05) is 6.61 Å². The number of hydrogen-bond donors (Lipinski definition) is 0. The fourth-order valence-electron chi connectivity index (χ4n) is 0.689. The van der Waals surface area contributed by atoms with Crippen molar-refractivity contribution < 1.29 is 9.53 Å². The molecule has 0 spiro atoms. The molecule has 0 amide bonds. The first-order chi connectivity index (χ1) is 5.34. The lowest BCUT2D eigenvalue weighted by atomic mass is 10.5. The lowest BCUT2D eigenvalue weighted by Gasteiger charge is -1.98. The zero-order chi connectivity index (χ0) is 8.10. The Labute approximate surface area is 65.0 Å². The number of carbonyl (C=O) groups is 1. The minimum Gasteiger partial charge on any atom is -0.461 e. The predicted molar refractivity (Wildman–Crippen MR) is 40.2 cm³/mol. The van der Waals surface area contributed by atoms with Crippen LogP contribution in [0.5, 0.6) is 0 Å². The third kappa shape index (κ3) is 2.04. The van der Waals surface area contributed by atoms with Gasteiger partial charge >= 0.3 is 5.97 Å². The third-order valence-electron chi connectivity index (χ3n) is 1.15. The summed E-state index contributed by atoms with van der Waals surface area (Å²) in [7, 11) is 0. The fourth-order valence-corrected chi connectivity index (χ4v) is 0.689. The van der Waals surface area contributed by atoms with E-state index in [0.29, 0.717) is 12.3 Å². The van der Waals surface area contributed by atoms with Crippen LogP contribution in [0.2, 0.25) is 0 Å². The van der Waals surface area contributed by atoms with Crippen LogP contribution >= 0.6 is 0 Å². The molecule has 58 valence electrons. The molecule has 1 rings (SSSR count). The molecule has 0 aliphatic carbocycles. The Morgan fingerprint density at radius 3 is 3.00 bits per heavy atom. The molecule has 0 aliphatic rings. The Bertz CT molecular complexity index is 233. The highest BCUT2D eigenvalue weighted by Gasteiger charge is 2.04. The zero-order valence-electron chi connectivity index (χ0n) is 6.28. The molecule has 0 N–H and O–H groups in total. The molecular weight excluding hydrogens is 144 g/mol. The molecule has 0 atom stereocenters. The predicted octanol–water partition coefficient (Wildman–Crippen LogP) is 1.26. The van der Waals surface area contributed by atoms with Crippen molar-refractivity contribution in [2.45, 2.75) is 6.92 Å². The van der Waals surface area contributed by atoms with E-state index in [1.165, 1.54) is 0 Å². The number of aromatic nitrogens is 1. The number of hydrogen-bond acceptors (Lipinski definition) is 3. The summed E-state index contributed by atoms with van der Waals surface area (Å²) in [5, 5.41) is 0. The van der Waals surface area contributed by atoms with Crippen LogP contribution in [0.25, 0.3) is 0 Å². The summed E-state index contributed by atoms with van der Waals surface area (Å²) in [5.41, 5.74) is 0.356. The van der Waals surface area contributed by atoms with E-state index in [1.807, 2.05) is 0 Å². The summed E-state index contributed by atoms with van der Waals surface area (Å²) in [6.45, 7) is 2.15. The molecule has 1 heterocycles. The van der Waals surface area contributed by atoms with Crippen molar-refractivity contribution in [3.8, 4) is 0 Å². The Hall–Kier alpha value is -1.38. The number of pyridine rings is 1. The van der Waals surface area contributed by atoms with Gasteiger partial charge in [0.15, 0.2) is 0 Å². The first kappa shape index (κ1) is 7.72. The monoisotopic (exact) mass is 153 g/mol. The largest absolute Gasteiger partial charge is 0.461 e. The van der Waals surface area contributed by atoms with Crippen molar-refractivity contribution in [2.24, 2.45) is 0 Å². The Morgan fingerprint density at radius 2 is 2.45 bits per heavy atom. The minimum atomic E-state index is -0.367. The molecule has 1 aromatic rings. The van der Waals surface area contributed by atoms with Gasteiger partial charge in [0, 0.05) is 6.20 Å². The summed E-state index contributed by atoms with van der Waals surface area (Å²) >= 11 is 0. The van der Waals surface area contributed by atoms with E-state index in [0.717, 1.165) is 0 Å². The number of carbonyl (C=O) groups excluding carboxylic acids is 1. The van der Waals surface area contributed by atoms with Gasteiger partial charge in [0.2, 0.25) is 0 Å². The van der Waals surface area contributed by atoms with Gasteiger partial charge in [-0.05, 0) is 19.1 Å². The molecule has 1 aromatic heterocycles. The van der Waals surface area contributed by atoms with Gasteiger partial charge < -0.3 is 4.74 Å². The first-order valence-corrected chi connectivity index (χ1v) is 3.42. The third-order valence-corrected chi connectivity index (χ3v) is 1.15. The van der Waals surface area contributed by atoms with Crippen molar-refractivity contribution in [3.63, 3.8) is 0 Å². The maximum Gasteiger partial charge on any atom is 0.356 e. The summed E-state index contributed by atoms with van der Waals surface area (Å²) in [6.07, 6.45) is 1.56. The highest BCUT2D eigenvalue weighted by atomic mass is 16.8. The van der Waals surface area contributed by atoms with Crippen LogP contribution < -0.4 is 0 Å². The van der Waals surface area contributed by atoms with Crippen molar-refractivity contribution in [1.29, 1.82) is 0 Å². The van der Waals surface area contributed by atoms with E-state index < -0.39 is 0 Å². The molecule has 0 aromatic carbocycles. The van der Waals surface area contributed by atoms with Gasteiger partial charge in [-0.3, -0.25) is 0 Å². The smallest absolute Gasteiger partial charge is 0.356 e. The van der Waals surface area contributed by atoms with Gasteiger partial charge in [-0.25, -0.2) is 9.78 Å². The van der Waals surface area contributed by atoms with E-state index in [-0.39, 0.29) is 5.97 Å². The summed E-state index contributed by atoms with van der Waals surface area (Å²) in [6, 6.07) is 5.12. The molecule has 0 saturated heterocycles. The Balaban J connectivity index is 2.69. The average Bonchev–Trinajstić information content (AvgIpc) is 2.07. The number of nitrogens with zero attached hydrogens (tertiary/aromatic N) is 1. The van der Waals surface area contributed by atoms with Gasteiger partial charge in [-0.2, -0.15) is 0 Å². The molecule has 11 heavy (non-hydrogen) atoms. The molecule has 0 radical (unpaired) electrons. The van der Waals surface area contributed by atoms with E-state index >= 15 is 0 Å². The van der Waals surface area contributed by atoms with Crippen LogP contribution in [0, 0.1) is 0 Å². The lowest BCUT2D eigenvalue weighted by molar-refractivity contribution is 0.0519. The lowest BCUT2D eigenvalue weighted by Crippen LogP contribution is -2.05. The van der Waals surface area contributed by atoms with Gasteiger partial charge in [0.25, 0.3) is 0 Å². The Kier molecular flexibility index (Phi) is 2.60. The summed E-state index contributed by atoms with van der Waals surface area (Å²) in [5.74, 6) is -0.367. The molecule has 0 fully saturated rings. The van der Waals surface area contributed by atoms with E-state index in [4.69, 9.17) is 4.74 Å². The average molecular weight is 153 g/mol. The number of rotatable bonds is 2. The van der Waals surface area contributed by atoms with Crippen LogP contribution in [0.15, 0.2) is 24.4 Å². The van der Waals surface area contributed by atoms with E-state index in [1.54, 1.807) is 31.3 Å². The molecule has 0 aliphatic heterocycles.